The molecule has 5 heteroatoms. The first-order valence-corrected chi connectivity index (χ1v) is 10.1. The summed E-state index contributed by atoms with van der Waals surface area (Å²) in [6, 6.07) is 31.9. The lowest BCUT2D eigenvalue weighted by Crippen LogP contribution is -2.27. The molecule has 0 spiro atoms. The zero-order valence-corrected chi connectivity index (χ0v) is 16.4. The number of aromatic hydroxyl groups is 1. The zero-order chi connectivity index (χ0) is 19.8. The van der Waals surface area contributed by atoms with Gasteiger partial charge in [-0.1, -0.05) is 42.1 Å². The quantitative estimate of drug-likeness (QED) is 0.395. The molecule has 3 N–H and O–H groups in total. The monoisotopic (exact) mass is 397 g/mol. The highest BCUT2D eigenvalue weighted by atomic mass is 32.2. The van der Waals surface area contributed by atoms with Gasteiger partial charge in [0.25, 0.3) is 0 Å². The van der Waals surface area contributed by atoms with E-state index in [-0.39, 0.29) is 5.75 Å². The van der Waals surface area contributed by atoms with Crippen LogP contribution in [0.25, 0.3) is 0 Å². The summed E-state index contributed by atoms with van der Waals surface area (Å²) in [6.45, 7) is 0. The molecule has 1 heterocycles. The minimum Gasteiger partial charge on any atom is -0.508 e. The largest absolute Gasteiger partial charge is 0.508 e. The van der Waals surface area contributed by atoms with Crippen LogP contribution in [-0.4, -0.2) is 5.11 Å². The fourth-order valence-electron chi connectivity index (χ4n) is 3.54. The summed E-state index contributed by atoms with van der Waals surface area (Å²) < 4.78 is 0. The lowest BCUT2D eigenvalue weighted by Gasteiger charge is -2.31. The maximum Gasteiger partial charge on any atom is 0.115 e. The molecule has 0 radical (unpaired) electrons. The number of anilines is 5. The number of rotatable bonds is 3. The van der Waals surface area contributed by atoms with E-state index in [0.717, 1.165) is 38.2 Å². The normalized spacial score (nSPS) is 12.2. The van der Waals surface area contributed by atoms with E-state index in [1.165, 1.54) is 0 Å². The molecule has 29 heavy (non-hydrogen) atoms. The minimum absolute atomic E-state index is 0.248. The highest BCUT2D eigenvalue weighted by Crippen LogP contribution is 2.48. The minimum atomic E-state index is 0.248. The van der Waals surface area contributed by atoms with Crippen molar-refractivity contribution >= 4 is 40.2 Å². The highest BCUT2D eigenvalue weighted by molar-refractivity contribution is 7.99. The lowest BCUT2D eigenvalue weighted by molar-refractivity contribution is 0.475. The van der Waals surface area contributed by atoms with E-state index in [4.69, 9.17) is 5.84 Å². The van der Waals surface area contributed by atoms with E-state index in [9.17, 15) is 5.11 Å². The lowest BCUT2D eigenvalue weighted by atomic mass is 10.1. The molecule has 0 unspecified atom stereocenters. The Balaban J connectivity index is 1.62. The van der Waals surface area contributed by atoms with E-state index < -0.39 is 0 Å². The number of nitrogens with two attached hydrogens (primary N) is 1. The Labute approximate surface area is 173 Å². The van der Waals surface area contributed by atoms with Gasteiger partial charge in [0.1, 0.15) is 5.75 Å². The topological polar surface area (TPSA) is 52.7 Å². The number of phenols is 1. The van der Waals surface area contributed by atoms with Gasteiger partial charge in [-0.25, -0.2) is 5.84 Å². The molecule has 5 rings (SSSR count). The number of hydrogen-bond donors (Lipinski definition) is 2. The second-order valence-corrected chi connectivity index (χ2v) is 7.86. The Morgan fingerprint density at radius 3 is 2.07 bits per heavy atom. The van der Waals surface area contributed by atoms with Gasteiger partial charge in [-0.3, -0.25) is 5.01 Å². The number of benzene rings is 4. The van der Waals surface area contributed by atoms with Crippen LogP contribution in [0.3, 0.4) is 0 Å². The van der Waals surface area contributed by atoms with E-state index in [2.05, 4.69) is 41.3 Å². The van der Waals surface area contributed by atoms with Crippen LogP contribution < -0.4 is 15.8 Å². The van der Waals surface area contributed by atoms with Crippen LogP contribution in [0.4, 0.5) is 28.4 Å². The maximum atomic E-state index is 9.72. The standard InChI is InChI=1S/C24H19N3OS/c25-27-21-8-4-5-9-23(21)29-24-16-19(12-15-22(24)27)26(17-6-2-1-3-7-17)18-10-13-20(28)14-11-18/h1-16,28H,25H2. The van der Waals surface area contributed by atoms with Gasteiger partial charge in [-0.2, -0.15) is 0 Å². The van der Waals surface area contributed by atoms with Crippen molar-refractivity contribution in [3.8, 4) is 5.75 Å². The first-order chi connectivity index (χ1) is 14.2. The highest BCUT2D eigenvalue weighted by Gasteiger charge is 2.23. The SMILES string of the molecule is NN1c2ccccc2Sc2cc(N(c3ccccc3)c3ccc(O)cc3)ccc21. The molecule has 0 bridgehead atoms. The van der Waals surface area contributed by atoms with Crippen molar-refractivity contribution in [2.45, 2.75) is 9.79 Å². The number of fused-ring (bicyclic) bond motifs is 2. The number of hydrogen-bond acceptors (Lipinski definition) is 5. The average molecular weight is 398 g/mol. The first-order valence-electron chi connectivity index (χ1n) is 9.31. The molecule has 0 fully saturated rings. The van der Waals surface area contributed by atoms with Crippen LogP contribution in [0.2, 0.25) is 0 Å². The Morgan fingerprint density at radius 1 is 0.655 bits per heavy atom. The van der Waals surface area contributed by atoms with Gasteiger partial charge in [-0.05, 0) is 66.7 Å². The van der Waals surface area contributed by atoms with Crippen molar-refractivity contribution in [3.05, 3.63) is 97.1 Å². The first kappa shape index (κ1) is 17.7. The number of nitrogens with zero attached hydrogens (tertiary/aromatic N) is 2. The third kappa shape index (κ3) is 3.20. The van der Waals surface area contributed by atoms with Crippen molar-refractivity contribution < 1.29 is 5.11 Å². The molecule has 4 aromatic carbocycles. The van der Waals surface area contributed by atoms with Crippen LogP contribution in [0.15, 0.2) is 107 Å². The summed E-state index contributed by atoms with van der Waals surface area (Å²) in [6.07, 6.45) is 0. The number of phenolic OH excluding ortho intramolecular Hbond substituents is 1. The maximum absolute atomic E-state index is 9.72. The summed E-state index contributed by atoms with van der Waals surface area (Å²) in [4.78, 5) is 4.40. The molecule has 0 saturated carbocycles. The molecular weight excluding hydrogens is 378 g/mol. The molecule has 0 aliphatic carbocycles. The van der Waals surface area contributed by atoms with E-state index in [1.807, 2.05) is 48.5 Å². The Bertz CT molecular complexity index is 1160. The third-order valence-electron chi connectivity index (χ3n) is 4.93. The average Bonchev–Trinajstić information content (AvgIpc) is 2.76. The second-order valence-electron chi connectivity index (χ2n) is 6.78. The number of hydrazine groups is 1. The van der Waals surface area contributed by atoms with Gasteiger partial charge in [0, 0.05) is 26.9 Å². The summed E-state index contributed by atoms with van der Waals surface area (Å²) >= 11 is 1.72. The Hall–Kier alpha value is -3.41. The van der Waals surface area contributed by atoms with E-state index >= 15 is 0 Å². The summed E-state index contributed by atoms with van der Waals surface area (Å²) in [5, 5.41) is 11.5. The van der Waals surface area contributed by atoms with Crippen LogP contribution in [0.1, 0.15) is 0 Å². The second kappa shape index (κ2) is 7.20. The van der Waals surface area contributed by atoms with Gasteiger partial charge in [-0.15, -0.1) is 0 Å². The fourth-order valence-corrected chi connectivity index (χ4v) is 4.64. The number of para-hydroxylation sites is 2. The molecule has 0 atom stereocenters. The van der Waals surface area contributed by atoms with E-state index in [1.54, 1.807) is 28.9 Å². The van der Waals surface area contributed by atoms with Crippen molar-refractivity contribution in [2.75, 3.05) is 9.91 Å². The fraction of sp³-hybridized carbons (Fsp3) is 0. The molecular formula is C24H19N3OS. The molecule has 1 aliphatic rings. The van der Waals surface area contributed by atoms with Crippen molar-refractivity contribution in [1.82, 2.24) is 0 Å². The third-order valence-corrected chi connectivity index (χ3v) is 6.04. The van der Waals surface area contributed by atoms with Crippen LogP contribution >= 0.6 is 11.8 Å². The summed E-state index contributed by atoms with van der Waals surface area (Å²) in [7, 11) is 0. The van der Waals surface area contributed by atoms with Crippen molar-refractivity contribution in [2.24, 2.45) is 5.84 Å². The van der Waals surface area contributed by atoms with Gasteiger partial charge in [0.2, 0.25) is 0 Å². The van der Waals surface area contributed by atoms with Crippen LogP contribution in [-0.2, 0) is 0 Å². The van der Waals surface area contributed by atoms with E-state index in [0.29, 0.717) is 0 Å². The van der Waals surface area contributed by atoms with Gasteiger partial charge < -0.3 is 10.0 Å². The molecule has 0 amide bonds. The van der Waals surface area contributed by atoms with Crippen molar-refractivity contribution in [3.63, 3.8) is 0 Å². The van der Waals surface area contributed by atoms with Gasteiger partial charge in [0.15, 0.2) is 0 Å². The molecule has 4 nitrogen and oxygen atoms in total. The van der Waals surface area contributed by atoms with Crippen LogP contribution in [0.5, 0.6) is 5.75 Å². The zero-order valence-electron chi connectivity index (χ0n) is 15.6. The molecule has 0 aromatic heterocycles. The predicted molar refractivity (Wildman–Crippen MR) is 120 cm³/mol. The Kier molecular flexibility index (Phi) is 4.39. The van der Waals surface area contributed by atoms with Crippen molar-refractivity contribution in [1.29, 1.82) is 0 Å². The molecule has 4 aromatic rings. The molecule has 142 valence electrons. The smallest absolute Gasteiger partial charge is 0.115 e. The summed E-state index contributed by atoms with van der Waals surface area (Å²) in [5.41, 5.74) is 5.04. The van der Waals surface area contributed by atoms with Crippen LogP contribution in [0, 0.1) is 0 Å². The summed E-state index contributed by atoms with van der Waals surface area (Å²) in [5.74, 6) is 6.65. The van der Waals surface area contributed by atoms with Gasteiger partial charge in [0.05, 0.1) is 11.4 Å². The predicted octanol–water partition coefficient (Wildman–Crippen LogP) is 6.34. The molecule has 0 saturated heterocycles. The Morgan fingerprint density at radius 2 is 1.28 bits per heavy atom. The van der Waals surface area contributed by atoms with Gasteiger partial charge >= 0.3 is 0 Å². The molecule has 1 aliphatic heterocycles.